The standard InChI is InChI=1S/C15H16N4O/c1-11-18-15(19-20-11)6-8-17-10-13-4-2-3-12-9-16-7-5-14(12)13/h2-5,7,9,17H,6,8,10H2,1H3. The zero-order valence-electron chi connectivity index (χ0n) is 11.3. The second-order valence-electron chi connectivity index (χ2n) is 4.67. The number of nitrogens with one attached hydrogen (secondary N) is 1. The number of aromatic nitrogens is 3. The van der Waals surface area contributed by atoms with Crippen molar-refractivity contribution in [2.45, 2.75) is 19.9 Å². The highest BCUT2D eigenvalue weighted by molar-refractivity contribution is 5.84. The molecule has 0 aliphatic heterocycles. The van der Waals surface area contributed by atoms with Crippen molar-refractivity contribution >= 4 is 10.8 Å². The third kappa shape index (κ3) is 2.83. The van der Waals surface area contributed by atoms with Crippen LogP contribution in [0, 0.1) is 6.92 Å². The molecule has 0 fully saturated rings. The lowest BCUT2D eigenvalue weighted by molar-refractivity contribution is 0.387. The third-order valence-electron chi connectivity index (χ3n) is 3.18. The minimum atomic E-state index is 0.613. The molecule has 5 heteroatoms. The molecular weight excluding hydrogens is 252 g/mol. The maximum absolute atomic E-state index is 4.94. The van der Waals surface area contributed by atoms with Crippen LogP contribution in [0.4, 0.5) is 0 Å². The Morgan fingerprint density at radius 2 is 2.20 bits per heavy atom. The van der Waals surface area contributed by atoms with Crippen molar-refractivity contribution in [3.8, 4) is 0 Å². The molecule has 5 nitrogen and oxygen atoms in total. The van der Waals surface area contributed by atoms with Crippen molar-refractivity contribution in [1.82, 2.24) is 20.4 Å². The number of fused-ring (bicyclic) bond motifs is 1. The van der Waals surface area contributed by atoms with E-state index in [2.05, 4.69) is 44.7 Å². The number of pyridine rings is 1. The molecule has 0 saturated carbocycles. The lowest BCUT2D eigenvalue weighted by Crippen LogP contribution is -2.17. The zero-order valence-corrected chi connectivity index (χ0v) is 11.3. The van der Waals surface area contributed by atoms with Gasteiger partial charge in [-0.15, -0.1) is 0 Å². The number of nitrogens with zero attached hydrogens (tertiary/aromatic N) is 3. The van der Waals surface area contributed by atoms with Gasteiger partial charge in [0.25, 0.3) is 0 Å². The molecule has 1 aromatic carbocycles. The first-order valence-corrected chi connectivity index (χ1v) is 6.64. The fourth-order valence-electron chi connectivity index (χ4n) is 2.21. The molecule has 3 aromatic rings. The summed E-state index contributed by atoms with van der Waals surface area (Å²) in [7, 11) is 0. The van der Waals surface area contributed by atoms with E-state index in [1.807, 2.05) is 12.4 Å². The molecule has 2 aromatic heterocycles. The zero-order chi connectivity index (χ0) is 13.8. The second-order valence-corrected chi connectivity index (χ2v) is 4.67. The largest absolute Gasteiger partial charge is 0.340 e. The molecule has 0 aliphatic carbocycles. The highest BCUT2D eigenvalue weighted by Gasteiger charge is 2.03. The van der Waals surface area contributed by atoms with Crippen molar-refractivity contribution < 1.29 is 4.52 Å². The van der Waals surface area contributed by atoms with Crippen LogP contribution in [-0.4, -0.2) is 21.7 Å². The van der Waals surface area contributed by atoms with E-state index in [0.717, 1.165) is 25.3 Å². The van der Waals surface area contributed by atoms with Crippen molar-refractivity contribution in [2.75, 3.05) is 6.54 Å². The summed E-state index contributed by atoms with van der Waals surface area (Å²) in [6.45, 7) is 3.44. The minimum absolute atomic E-state index is 0.613. The van der Waals surface area contributed by atoms with Crippen LogP contribution in [0.15, 0.2) is 41.2 Å². The first-order chi connectivity index (χ1) is 9.83. The van der Waals surface area contributed by atoms with Gasteiger partial charge in [-0.3, -0.25) is 4.98 Å². The Hall–Kier alpha value is -2.27. The smallest absolute Gasteiger partial charge is 0.223 e. The van der Waals surface area contributed by atoms with Crippen LogP contribution in [-0.2, 0) is 13.0 Å². The molecule has 0 saturated heterocycles. The molecule has 0 aliphatic rings. The van der Waals surface area contributed by atoms with E-state index >= 15 is 0 Å². The van der Waals surface area contributed by atoms with Gasteiger partial charge >= 0.3 is 0 Å². The Balaban J connectivity index is 1.60. The van der Waals surface area contributed by atoms with Crippen LogP contribution in [0.3, 0.4) is 0 Å². The Morgan fingerprint density at radius 1 is 1.25 bits per heavy atom. The average Bonchev–Trinajstić information content (AvgIpc) is 2.89. The van der Waals surface area contributed by atoms with Gasteiger partial charge in [-0.05, 0) is 17.0 Å². The summed E-state index contributed by atoms with van der Waals surface area (Å²) in [5.74, 6) is 1.36. The van der Waals surface area contributed by atoms with E-state index in [1.54, 1.807) is 6.92 Å². The van der Waals surface area contributed by atoms with Crippen molar-refractivity contribution in [2.24, 2.45) is 0 Å². The number of hydrogen-bond acceptors (Lipinski definition) is 5. The highest BCUT2D eigenvalue weighted by Crippen LogP contribution is 2.16. The first kappa shape index (κ1) is 12.7. The van der Waals surface area contributed by atoms with Gasteiger partial charge in [-0.25, -0.2) is 0 Å². The summed E-state index contributed by atoms with van der Waals surface area (Å²) in [6, 6.07) is 8.32. The first-order valence-electron chi connectivity index (χ1n) is 6.64. The number of aryl methyl sites for hydroxylation is 1. The Bertz CT molecular complexity index is 702. The molecule has 0 unspecified atom stereocenters. The van der Waals surface area contributed by atoms with Crippen LogP contribution in [0.5, 0.6) is 0 Å². The fraction of sp³-hybridized carbons (Fsp3) is 0.267. The molecule has 3 rings (SSSR count). The summed E-state index contributed by atoms with van der Waals surface area (Å²) in [6.07, 6.45) is 4.48. The van der Waals surface area contributed by atoms with E-state index in [1.165, 1.54) is 16.3 Å². The van der Waals surface area contributed by atoms with E-state index in [0.29, 0.717) is 5.89 Å². The molecule has 0 amide bonds. The summed E-state index contributed by atoms with van der Waals surface area (Å²) in [5, 5.41) is 9.69. The number of rotatable bonds is 5. The summed E-state index contributed by atoms with van der Waals surface area (Å²) in [5.41, 5.74) is 1.27. The Labute approximate surface area is 117 Å². The van der Waals surface area contributed by atoms with E-state index in [-0.39, 0.29) is 0 Å². The van der Waals surface area contributed by atoms with Crippen LogP contribution in [0.2, 0.25) is 0 Å². The maximum atomic E-state index is 4.94. The molecule has 1 N–H and O–H groups in total. The van der Waals surface area contributed by atoms with Gasteiger partial charge < -0.3 is 9.84 Å². The third-order valence-corrected chi connectivity index (χ3v) is 3.18. The fourth-order valence-corrected chi connectivity index (χ4v) is 2.21. The van der Waals surface area contributed by atoms with Gasteiger partial charge in [0.2, 0.25) is 5.89 Å². The van der Waals surface area contributed by atoms with Gasteiger partial charge in [0.1, 0.15) is 0 Å². The van der Waals surface area contributed by atoms with Crippen LogP contribution in [0.25, 0.3) is 10.8 Å². The molecule has 102 valence electrons. The van der Waals surface area contributed by atoms with Gasteiger partial charge in [0, 0.05) is 44.2 Å². The molecular formula is C15H16N4O. The Morgan fingerprint density at radius 3 is 3.05 bits per heavy atom. The van der Waals surface area contributed by atoms with E-state index in [4.69, 9.17) is 4.52 Å². The molecule has 20 heavy (non-hydrogen) atoms. The quantitative estimate of drug-likeness (QED) is 0.719. The van der Waals surface area contributed by atoms with Gasteiger partial charge in [0.05, 0.1) is 0 Å². The Kier molecular flexibility index (Phi) is 3.69. The van der Waals surface area contributed by atoms with E-state index < -0.39 is 0 Å². The second kappa shape index (κ2) is 5.79. The van der Waals surface area contributed by atoms with Crippen LogP contribution < -0.4 is 5.32 Å². The lowest BCUT2D eigenvalue weighted by Gasteiger charge is -2.07. The monoisotopic (exact) mass is 268 g/mol. The molecule has 0 spiro atoms. The molecule has 2 heterocycles. The predicted molar refractivity (Wildman–Crippen MR) is 76.2 cm³/mol. The summed E-state index contributed by atoms with van der Waals surface area (Å²) < 4.78 is 4.94. The van der Waals surface area contributed by atoms with Gasteiger partial charge in [-0.2, -0.15) is 4.98 Å². The predicted octanol–water partition coefficient (Wildman–Crippen LogP) is 2.26. The summed E-state index contributed by atoms with van der Waals surface area (Å²) in [4.78, 5) is 8.32. The summed E-state index contributed by atoms with van der Waals surface area (Å²) >= 11 is 0. The van der Waals surface area contributed by atoms with Gasteiger partial charge in [0.15, 0.2) is 5.82 Å². The molecule has 0 radical (unpaired) electrons. The SMILES string of the molecule is Cc1nc(CCNCc2cccc3cnccc23)no1. The maximum Gasteiger partial charge on any atom is 0.223 e. The highest BCUT2D eigenvalue weighted by atomic mass is 16.5. The normalized spacial score (nSPS) is 11.1. The molecule has 0 atom stereocenters. The average molecular weight is 268 g/mol. The number of hydrogen-bond donors (Lipinski definition) is 1. The van der Waals surface area contributed by atoms with Crippen molar-refractivity contribution in [3.63, 3.8) is 0 Å². The van der Waals surface area contributed by atoms with Gasteiger partial charge in [-0.1, -0.05) is 23.4 Å². The molecule has 0 bridgehead atoms. The minimum Gasteiger partial charge on any atom is -0.340 e. The van der Waals surface area contributed by atoms with Crippen molar-refractivity contribution in [1.29, 1.82) is 0 Å². The van der Waals surface area contributed by atoms with Crippen LogP contribution in [0.1, 0.15) is 17.3 Å². The lowest BCUT2D eigenvalue weighted by atomic mass is 10.1. The number of benzene rings is 1. The van der Waals surface area contributed by atoms with Crippen LogP contribution >= 0.6 is 0 Å². The van der Waals surface area contributed by atoms with Crippen molar-refractivity contribution in [3.05, 3.63) is 53.9 Å². The van der Waals surface area contributed by atoms with E-state index in [9.17, 15) is 0 Å². The topological polar surface area (TPSA) is 63.8 Å².